The first-order chi connectivity index (χ1) is 8.65. The van der Waals surface area contributed by atoms with Crippen molar-refractivity contribution in [3.8, 4) is 0 Å². The lowest BCUT2D eigenvalue weighted by Crippen LogP contribution is -2.24. The number of hydrogen-bond acceptors (Lipinski definition) is 2. The summed E-state index contributed by atoms with van der Waals surface area (Å²) in [6.07, 6.45) is 5.24. The summed E-state index contributed by atoms with van der Waals surface area (Å²) in [5.74, 6) is -0.484. The van der Waals surface area contributed by atoms with Crippen molar-refractivity contribution in [3.05, 3.63) is 59.7 Å². The third-order valence-corrected chi connectivity index (χ3v) is 2.71. The quantitative estimate of drug-likeness (QED) is 0.644. The molecule has 1 aliphatic rings. The molecule has 0 saturated carbocycles. The highest BCUT2D eigenvalue weighted by Gasteiger charge is 2.07. The minimum atomic E-state index is -0.268. The Morgan fingerprint density at radius 1 is 1.28 bits per heavy atom. The van der Waals surface area contributed by atoms with Crippen LogP contribution in [0.3, 0.4) is 0 Å². The van der Waals surface area contributed by atoms with E-state index in [1.54, 1.807) is 18.2 Å². The Morgan fingerprint density at radius 3 is 2.61 bits per heavy atom. The lowest BCUT2D eigenvalue weighted by atomic mass is 10.1. The number of allylic oxidation sites excluding steroid dienone is 2. The van der Waals surface area contributed by atoms with Crippen molar-refractivity contribution < 1.29 is 8.78 Å². The molecule has 4 heteroatoms. The van der Waals surface area contributed by atoms with E-state index < -0.39 is 0 Å². The zero-order chi connectivity index (χ0) is 13.0. The minimum absolute atomic E-state index is 0.0000941. The normalized spacial score (nSPS) is 19.6. The first kappa shape index (κ1) is 12.5. The van der Waals surface area contributed by atoms with Crippen LogP contribution in [0.5, 0.6) is 0 Å². The first-order valence-electron chi connectivity index (χ1n) is 5.75. The minimum Gasteiger partial charge on any atom is -0.303 e. The van der Waals surface area contributed by atoms with Gasteiger partial charge in [0.2, 0.25) is 0 Å². The van der Waals surface area contributed by atoms with Crippen LogP contribution in [0.4, 0.5) is 8.78 Å². The van der Waals surface area contributed by atoms with Crippen LogP contribution in [-0.4, -0.2) is 11.8 Å². The van der Waals surface area contributed by atoms with Crippen molar-refractivity contribution in [2.45, 2.75) is 19.4 Å². The van der Waals surface area contributed by atoms with Crippen LogP contribution in [0.1, 0.15) is 18.9 Å². The molecule has 0 radical (unpaired) electrons. The number of benzene rings is 1. The van der Waals surface area contributed by atoms with Gasteiger partial charge in [0.25, 0.3) is 0 Å². The van der Waals surface area contributed by atoms with Gasteiger partial charge in [-0.3, -0.25) is 0 Å². The molecule has 2 rings (SSSR count). The van der Waals surface area contributed by atoms with Crippen molar-refractivity contribution in [1.82, 2.24) is 5.43 Å². The highest BCUT2D eigenvalue weighted by molar-refractivity contribution is 5.98. The van der Waals surface area contributed by atoms with Crippen LogP contribution < -0.4 is 5.43 Å². The summed E-state index contributed by atoms with van der Waals surface area (Å²) in [5.41, 5.74) is 4.57. The summed E-state index contributed by atoms with van der Waals surface area (Å²) in [5, 5.41) is 4.21. The highest BCUT2D eigenvalue weighted by atomic mass is 19.1. The van der Waals surface area contributed by atoms with Crippen molar-refractivity contribution in [2.24, 2.45) is 5.10 Å². The predicted octanol–water partition coefficient (Wildman–Crippen LogP) is 3.32. The standard InChI is InChI=1S/C14H14F2N2/c1-10(11-2-4-12(15)5-3-11)17-18-14-8-6-13(16)7-9-14/h2-8,14,18H,9H2,1H3/b17-10-/t14-/m0/s1. The molecule has 1 aromatic rings. The SMILES string of the molecule is C/C(=N/N[C@H]1C=CC(F)=CC1)c1ccc(F)cc1. The van der Waals surface area contributed by atoms with Gasteiger partial charge in [0.1, 0.15) is 11.6 Å². The van der Waals surface area contributed by atoms with E-state index in [0.717, 1.165) is 11.3 Å². The Kier molecular flexibility index (Phi) is 3.87. The molecule has 1 N–H and O–H groups in total. The maximum Gasteiger partial charge on any atom is 0.123 e. The molecule has 0 unspecified atom stereocenters. The molecule has 1 aromatic carbocycles. The number of nitrogens with one attached hydrogen (secondary N) is 1. The largest absolute Gasteiger partial charge is 0.303 e. The maximum absolute atomic E-state index is 12.8. The first-order valence-corrected chi connectivity index (χ1v) is 5.75. The molecule has 1 aliphatic carbocycles. The Labute approximate surface area is 105 Å². The third kappa shape index (κ3) is 3.26. The summed E-state index contributed by atoms with van der Waals surface area (Å²) in [6, 6.07) is 6.14. The van der Waals surface area contributed by atoms with E-state index in [1.807, 2.05) is 6.92 Å². The Morgan fingerprint density at radius 2 is 2.00 bits per heavy atom. The molecule has 0 aliphatic heterocycles. The Bertz CT molecular complexity index is 501. The molecule has 0 amide bonds. The van der Waals surface area contributed by atoms with E-state index in [4.69, 9.17) is 0 Å². The van der Waals surface area contributed by atoms with E-state index in [2.05, 4.69) is 10.5 Å². The number of hydrazone groups is 1. The van der Waals surface area contributed by atoms with Crippen LogP contribution in [0, 0.1) is 5.82 Å². The molecular weight excluding hydrogens is 234 g/mol. The number of rotatable bonds is 3. The maximum atomic E-state index is 12.8. The molecule has 0 bridgehead atoms. The second-order valence-corrected chi connectivity index (χ2v) is 4.12. The number of hydrogen-bond donors (Lipinski definition) is 1. The van der Waals surface area contributed by atoms with Gasteiger partial charge in [-0.1, -0.05) is 18.2 Å². The average molecular weight is 248 g/mol. The Hall–Kier alpha value is -1.97. The lowest BCUT2D eigenvalue weighted by molar-refractivity contribution is 0.590. The predicted molar refractivity (Wildman–Crippen MR) is 68.5 cm³/mol. The van der Waals surface area contributed by atoms with Gasteiger partial charge in [-0.2, -0.15) is 5.10 Å². The van der Waals surface area contributed by atoms with Gasteiger partial charge in [0.05, 0.1) is 11.8 Å². The zero-order valence-electron chi connectivity index (χ0n) is 10.0. The van der Waals surface area contributed by atoms with Crippen LogP contribution in [0.2, 0.25) is 0 Å². The van der Waals surface area contributed by atoms with Crippen LogP contribution in [0.25, 0.3) is 0 Å². The van der Waals surface area contributed by atoms with Gasteiger partial charge >= 0.3 is 0 Å². The fourth-order valence-electron chi connectivity index (χ4n) is 1.63. The zero-order valence-corrected chi connectivity index (χ0v) is 10.0. The molecule has 18 heavy (non-hydrogen) atoms. The van der Waals surface area contributed by atoms with Gasteiger partial charge in [-0.15, -0.1) is 0 Å². The summed E-state index contributed by atoms with van der Waals surface area (Å²) in [4.78, 5) is 0. The molecule has 2 nitrogen and oxygen atoms in total. The van der Waals surface area contributed by atoms with Crippen LogP contribution >= 0.6 is 0 Å². The van der Waals surface area contributed by atoms with E-state index in [9.17, 15) is 8.78 Å². The summed E-state index contributed by atoms with van der Waals surface area (Å²) >= 11 is 0. The molecule has 94 valence electrons. The molecule has 0 heterocycles. The molecule has 0 aromatic heterocycles. The van der Waals surface area contributed by atoms with E-state index in [-0.39, 0.29) is 17.7 Å². The van der Waals surface area contributed by atoms with Gasteiger partial charge in [0, 0.05) is 0 Å². The highest BCUT2D eigenvalue weighted by Crippen LogP contribution is 2.11. The van der Waals surface area contributed by atoms with Gasteiger partial charge < -0.3 is 5.43 Å². The van der Waals surface area contributed by atoms with Crippen molar-refractivity contribution in [2.75, 3.05) is 0 Å². The van der Waals surface area contributed by atoms with E-state index >= 15 is 0 Å². The Balaban J connectivity index is 1.97. The van der Waals surface area contributed by atoms with E-state index in [1.165, 1.54) is 24.3 Å². The van der Waals surface area contributed by atoms with Crippen molar-refractivity contribution in [1.29, 1.82) is 0 Å². The molecule has 0 saturated heterocycles. The monoisotopic (exact) mass is 248 g/mol. The second kappa shape index (κ2) is 5.58. The van der Waals surface area contributed by atoms with E-state index in [0.29, 0.717) is 6.42 Å². The van der Waals surface area contributed by atoms with Crippen LogP contribution in [-0.2, 0) is 0 Å². The topological polar surface area (TPSA) is 24.4 Å². The van der Waals surface area contributed by atoms with Crippen LogP contribution in [0.15, 0.2) is 53.4 Å². The van der Waals surface area contributed by atoms with Crippen molar-refractivity contribution >= 4 is 5.71 Å². The number of halogens is 2. The average Bonchev–Trinajstić information content (AvgIpc) is 2.38. The number of nitrogens with zero attached hydrogens (tertiary/aromatic N) is 1. The summed E-state index contributed by atoms with van der Waals surface area (Å²) in [7, 11) is 0. The van der Waals surface area contributed by atoms with Gasteiger partial charge in [-0.05, 0) is 43.2 Å². The molecular formula is C14H14F2N2. The molecule has 1 atom stereocenters. The van der Waals surface area contributed by atoms with Gasteiger partial charge in [-0.25, -0.2) is 8.78 Å². The summed E-state index contributed by atoms with van der Waals surface area (Å²) in [6.45, 7) is 1.84. The van der Waals surface area contributed by atoms with Crippen molar-refractivity contribution in [3.63, 3.8) is 0 Å². The smallest absolute Gasteiger partial charge is 0.123 e. The fourth-order valence-corrected chi connectivity index (χ4v) is 1.63. The lowest BCUT2D eigenvalue weighted by Gasteiger charge is -2.13. The second-order valence-electron chi connectivity index (χ2n) is 4.12. The molecule has 0 spiro atoms. The summed E-state index contributed by atoms with van der Waals surface area (Å²) < 4.78 is 25.5. The van der Waals surface area contributed by atoms with Gasteiger partial charge in [0.15, 0.2) is 0 Å². The fraction of sp³-hybridized carbons (Fsp3) is 0.214. The molecule has 0 fully saturated rings. The third-order valence-electron chi connectivity index (χ3n) is 2.71.